The molecule has 2 N–H and O–H groups in total. The van der Waals surface area contributed by atoms with Crippen LogP contribution in [0.25, 0.3) is 0 Å². The van der Waals surface area contributed by atoms with E-state index in [1.807, 2.05) is 0 Å². The summed E-state index contributed by atoms with van der Waals surface area (Å²) in [4.78, 5) is 13.7. The van der Waals surface area contributed by atoms with Crippen LogP contribution in [0.15, 0.2) is 0 Å². The Balaban J connectivity index is 1.50. The van der Waals surface area contributed by atoms with Crippen LogP contribution in [-0.2, 0) is 4.79 Å². The van der Waals surface area contributed by atoms with Crippen molar-refractivity contribution in [1.29, 1.82) is 5.26 Å². The Morgan fingerprint density at radius 2 is 1.86 bits per heavy atom. The van der Waals surface area contributed by atoms with Gasteiger partial charge in [-0.25, -0.2) is 0 Å². The predicted molar refractivity (Wildman–Crippen MR) is 80.6 cm³/mol. The highest BCUT2D eigenvalue weighted by molar-refractivity contribution is 5.78. The summed E-state index contributed by atoms with van der Waals surface area (Å²) in [5.74, 6) is 1.85. The van der Waals surface area contributed by atoms with Crippen molar-refractivity contribution in [2.24, 2.45) is 11.8 Å². The molecule has 4 heteroatoms. The Morgan fingerprint density at radius 1 is 1.14 bits per heavy atom. The third kappa shape index (κ3) is 3.40. The number of rotatable bonds is 3. The average Bonchev–Trinajstić information content (AvgIpc) is 2.96. The average molecular weight is 290 g/mol. The van der Waals surface area contributed by atoms with Crippen LogP contribution in [0.1, 0.15) is 57.8 Å². The van der Waals surface area contributed by atoms with E-state index in [1.54, 1.807) is 0 Å². The number of piperidine rings is 1. The van der Waals surface area contributed by atoms with Gasteiger partial charge in [-0.1, -0.05) is 12.8 Å². The van der Waals surface area contributed by atoms with Crippen molar-refractivity contribution in [1.82, 2.24) is 5.32 Å². The summed E-state index contributed by atoms with van der Waals surface area (Å²) >= 11 is 0. The largest absolute Gasteiger partial charge is 0.333 e. The Bertz CT molecular complexity index is 422. The number of amides is 1. The first-order valence-electron chi connectivity index (χ1n) is 8.77. The fourth-order valence-corrected chi connectivity index (χ4v) is 4.74. The minimum absolute atomic E-state index is 0.0858. The van der Waals surface area contributed by atoms with Gasteiger partial charge in [0.1, 0.15) is 5.54 Å². The van der Waals surface area contributed by atoms with E-state index in [1.165, 1.54) is 37.0 Å². The van der Waals surface area contributed by atoms with E-state index in [2.05, 4.69) is 11.4 Å². The van der Waals surface area contributed by atoms with Gasteiger partial charge in [-0.15, -0.1) is 0 Å². The second-order valence-corrected chi connectivity index (χ2v) is 7.42. The first-order valence-corrected chi connectivity index (χ1v) is 8.77. The van der Waals surface area contributed by atoms with Crippen molar-refractivity contribution in [2.45, 2.75) is 63.3 Å². The third-order valence-electron chi connectivity index (χ3n) is 5.95. The molecular formula is C17H28N3O+. The van der Waals surface area contributed by atoms with E-state index >= 15 is 0 Å². The minimum atomic E-state index is -0.556. The molecule has 116 valence electrons. The van der Waals surface area contributed by atoms with Gasteiger partial charge in [0.05, 0.1) is 19.2 Å². The fourth-order valence-electron chi connectivity index (χ4n) is 4.74. The summed E-state index contributed by atoms with van der Waals surface area (Å²) in [6.45, 7) is 2.86. The van der Waals surface area contributed by atoms with E-state index in [-0.39, 0.29) is 5.91 Å². The highest BCUT2D eigenvalue weighted by Crippen LogP contribution is 2.32. The number of fused-ring (bicyclic) bond motifs is 1. The minimum Gasteiger partial charge on any atom is -0.333 e. The predicted octanol–water partition coefficient (Wildman–Crippen LogP) is 1.03. The lowest BCUT2D eigenvalue weighted by Crippen LogP contribution is -3.15. The lowest BCUT2D eigenvalue weighted by molar-refractivity contribution is -0.902. The maximum absolute atomic E-state index is 12.3. The van der Waals surface area contributed by atoms with Gasteiger partial charge in [-0.3, -0.25) is 4.79 Å². The summed E-state index contributed by atoms with van der Waals surface area (Å²) in [5, 5.41) is 12.4. The topological polar surface area (TPSA) is 57.3 Å². The molecule has 3 fully saturated rings. The molecule has 4 nitrogen and oxygen atoms in total. The number of hydrogen-bond donors (Lipinski definition) is 2. The van der Waals surface area contributed by atoms with Crippen LogP contribution in [0.2, 0.25) is 0 Å². The molecule has 3 rings (SSSR count). The SMILES string of the molecule is N#CC1(NC(=O)C[NH+]2CC[C@@H]3CCCC[C@H]3C2)CCCC1. The third-order valence-corrected chi connectivity index (χ3v) is 5.95. The van der Waals surface area contributed by atoms with Gasteiger partial charge in [0, 0.05) is 5.92 Å². The molecule has 1 heterocycles. The number of nitrogens with zero attached hydrogens (tertiary/aromatic N) is 1. The molecule has 1 aliphatic heterocycles. The van der Waals surface area contributed by atoms with Gasteiger partial charge in [-0.2, -0.15) is 5.26 Å². The molecule has 0 bridgehead atoms. The highest BCUT2D eigenvalue weighted by atomic mass is 16.2. The quantitative estimate of drug-likeness (QED) is 0.816. The summed E-state index contributed by atoms with van der Waals surface area (Å²) in [7, 11) is 0. The van der Waals surface area contributed by atoms with Crippen molar-refractivity contribution >= 4 is 5.91 Å². The van der Waals surface area contributed by atoms with Crippen molar-refractivity contribution < 1.29 is 9.69 Å². The smallest absolute Gasteiger partial charge is 0.276 e. The van der Waals surface area contributed by atoms with E-state index in [0.29, 0.717) is 6.54 Å². The molecule has 1 saturated heterocycles. The molecule has 3 aliphatic rings. The van der Waals surface area contributed by atoms with Gasteiger partial charge in [0.25, 0.3) is 5.91 Å². The Hall–Kier alpha value is -1.08. The highest BCUT2D eigenvalue weighted by Gasteiger charge is 2.38. The Kier molecular flexibility index (Phi) is 4.49. The molecule has 1 unspecified atom stereocenters. The van der Waals surface area contributed by atoms with E-state index in [4.69, 9.17) is 0 Å². The first kappa shape index (κ1) is 14.8. The van der Waals surface area contributed by atoms with Crippen LogP contribution in [0, 0.1) is 23.2 Å². The summed E-state index contributed by atoms with van der Waals surface area (Å²) in [6.07, 6.45) is 10.6. The lowest BCUT2D eigenvalue weighted by Gasteiger charge is -2.38. The number of hydrogen-bond acceptors (Lipinski definition) is 2. The van der Waals surface area contributed by atoms with Crippen LogP contribution in [0.3, 0.4) is 0 Å². The zero-order chi connectivity index (χ0) is 14.7. The van der Waals surface area contributed by atoms with Crippen LogP contribution < -0.4 is 10.2 Å². The number of likely N-dealkylation sites (tertiary alicyclic amines) is 1. The zero-order valence-corrected chi connectivity index (χ0v) is 13.0. The first-order chi connectivity index (χ1) is 10.2. The van der Waals surface area contributed by atoms with Crippen LogP contribution in [0.5, 0.6) is 0 Å². The second kappa shape index (κ2) is 6.36. The molecule has 0 aromatic heterocycles. The maximum Gasteiger partial charge on any atom is 0.276 e. The molecular weight excluding hydrogens is 262 g/mol. The molecule has 1 amide bonds. The standard InChI is InChI=1S/C17H27N3O/c18-13-17(8-3-4-9-17)19-16(21)12-20-10-7-14-5-1-2-6-15(14)11-20/h14-15H,1-12H2,(H,19,21)/p+1/t14-,15-/m0/s1. The van der Waals surface area contributed by atoms with E-state index < -0.39 is 5.54 Å². The van der Waals surface area contributed by atoms with E-state index in [0.717, 1.165) is 50.6 Å². The maximum atomic E-state index is 12.3. The fraction of sp³-hybridized carbons (Fsp3) is 0.882. The molecule has 0 aromatic rings. The van der Waals surface area contributed by atoms with Crippen LogP contribution in [0.4, 0.5) is 0 Å². The molecule has 2 aliphatic carbocycles. The van der Waals surface area contributed by atoms with Gasteiger partial charge < -0.3 is 10.2 Å². The molecule has 0 aromatic carbocycles. The molecule has 2 saturated carbocycles. The number of quaternary nitrogens is 1. The van der Waals surface area contributed by atoms with E-state index in [9.17, 15) is 10.1 Å². The number of carbonyl (C=O) groups excluding carboxylic acids is 1. The van der Waals surface area contributed by atoms with Gasteiger partial charge in [0.15, 0.2) is 6.54 Å². The van der Waals surface area contributed by atoms with Crippen molar-refractivity contribution in [3.05, 3.63) is 0 Å². The summed E-state index contributed by atoms with van der Waals surface area (Å²) in [6, 6.07) is 2.35. The van der Waals surface area contributed by atoms with Crippen LogP contribution in [-0.4, -0.2) is 31.1 Å². The van der Waals surface area contributed by atoms with Gasteiger partial charge >= 0.3 is 0 Å². The zero-order valence-electron chi connectivity index (χ0n) is 13.0. The van der Waals surface area contributed by atoms with Crippen molar-refractivity contribution in [3.8, 4) is 6.07 Å². The molecule has 21 heavy (non-hydrogen) atoms. The second-order valence-electron chi connectivity index (χ2n) is 7.42. The summed E-state index contributed by atoms with van der Waals surface area (Å²) < 4.78 is 0. The normalized spacial score (nSPS) is 34.7. The molecule has 3 atom stereocenters. The number of nitriles is 1. The summed E-state index contributed by atoms with van der Waals surface area (Å²) in [5.41, 5.74) is -0.556. The Morgan fingerprint density at radius 3 is 2.57 bits per heavy atom. The number of nitrogens with one attached hydrogen (secondary N) is 2. The van der Waals surface area contributed by atoms with Crippen molar-refractivity contribution in [3.63, 3.8) is 0 Å². The van der Waals surface area contributed by atoms with Crippen LogP contribution >= 0.6 is 0 Å². The Labute approximate surface area is 127 Å². The molecule has 0 spiro atoms. The number of carbonyl (C=O) groups is 1. The monoisotopic (exact) mass is 290 g/mol. The van der Waals surface area contributed by atoms with Gasteiger partial charge in [0.2, 0.25) is 0 Å². The van der Waals surface area contributed by atoms with Gasteiger partial charge in [-0.05, 0) is 50.9 Å². The van der Waals surface area contributed by atoms with Crippen molar-refractivity contribution in [2.75, 3.05) is 19.6 Å². The lowest BCUT2D eigenvalue weighted by atomic mass is 9.75. The molecule has 0 radical (unpaired) electrons.